The maximum Gasteiger partial charge on any atom is 0.226 e. The number of aromatic amines is 1. The summed E-state index contributed by atoms with van der Waals surface area (Å²) in [5.41, 5.74) is 0.718. The minimum atomic E-state index is 0.257. The summed E-state index contributed by atoms with van der Waals surface area (Å²) in [7, 11) is 1.79. The average molecular weight is 286 g/mol. The van der Waals surface area contributed by atoms with Gasteiger partial charge in [-0.3, -0.25) is 5.10 Å². The molecule has 0 aliphatic heterocycles. The van der Waals surface area contributed by atoms with Crippen molar-refractivity contribution in [3.05, 3.63) is 30.4 Å². The van der Waals surface area contributed by atoms with Gasteiger partial charge in [-0.2, -0.15) is 15.1 Å². The molecular weight excluding hydrogens is 268 g/mol. The standard InChI is InChI=1S/C14H18N6O/c1-9(5-6-10-4-3-7-21-10)17-12-11-8-16-20-13(11)19-14(15-2)18-12/h3-4,7-9H,5-6H2,1-2H3,(H3,15,16,17,18,19,20). The van der Waals surface area contributed by atoms with Crippen LogP contribution in [-0.2, 0) is 6.42 Å². The number of rotatable bonds is 6. The Labute approximate surface area is 122 Å². The van der Waals surface area contributed by atoms with Gasteiger partial charge < -0.3 is 15.1 Å². The number of hydrogen-bond acceptors (Lipinski definition) is 6. The molecule has 3 heterocycles. The summed E-state index contributed by atoms with van der Waals surface area (Å²) < 4.78 is 5.35. The van der Waals surface area contributed by atoms with Crippen LogP contribution in [0.1, 0.15) is 19.1 Å². The molecule has 110 valence electrons. The monoisotopic (exact) mass is 286 g/mol. The van der Waals surface area contributed by atoms with Crippen LogP contribution in [0.15, 0.2) is 29.0 Å². The van der Waals surface area contributed by atoms with Gasteiger partial charge in [0.15, 0.2) is 5.65 Å². The first-order valence-corrected chi connectivity index (χ1v) is 6.94. The Balaban J connectivity index is 1.72. The SMILES string of the molecule is CNc1nc(NC(C)CCc2ccco2)c2cn[nH]c2n1. The summed E-state index contributed by atoms with van der Waals surface area (Å²) >= 11 is 0. The summed E-state index contributed by atoms with van der Waals surface area (Å²) in [5.74, 6) is 2.34. The van der Waals surface area contributed by atoms with Crippen LogP contribution < -0.4 is 10.6 Å². The highest BCUT2D eigenvalue weighted by Crippen LogP contribution is 2.21. The Morgan fingerprint density at radius 3 is 3.05 bits per heavy atom. The summed E-state index contributed by atoms with van der Waals surface area (Å²) in [5, 5.41) is 14.1. The molecule has 3 aromatic heterocycles. The molecule has 7 nitrogen and oxygen atoms in total. The number of hydrogen-bond donors (Lipinski definition) is 3. The molecule has 0 radical (unpaired) electrons. The second-order valence-corrected chi connectivity index (χ2v) is 4.94. The topological polar surface area (TPSA) is 91.7 Å². The van der Waals surface area contributed by atoms with Crippen molar-refractivity contribution >= 4 is 22.8 Å². The van der Waals surface area contributed by atoms with Crippen molar-refractivity contribution in [2.75, 3.05) is 17.7 Å². The van der Waals surface area contributed by atoms with Crippen LogP contribution in [0.25, 0.3) is 11.0 Å². The molecule has 3 aromatic rings. The van der Waals surface area contributed by atoms with Crippen molar-refractivity contribution in [3.63, 3.8) is 0 Å². The van der Waals surface area contributed by atoms with E-state index in [1.165, 1.54) is 0 Å². The number of anilines is 2. The normalized spacial score (nSPS) is 12.5. The Bertz CT molecular complexity index is 705. The molecule has 0 fully saturated rings. The molecule has 1 atom stereocenters. The molecule has 0 aromatic carbocycles. The molecule has 0 saturated heterocycles. The third kappa shape index (κ3) is 2.96. The number of H-pyrrole nitrogens is 1. The lowest BCUT2D eigenvalue weighted by atomic mass is 10.1. The zero-order valence-corrected chi connectivity index (χ0v) is 12.1. The number of furan rings is 1. The first-order chi connectivity index (χ1) is 10.3. The predicted molar refractivity (Wildman–Crippen MR) is 81.3 cm³/mol. The molecule has 21 heavy (non-hydrogen) atoms. The highest BCUT2D eigenvalue weighted by Gasteiger charge is 2.11. The van der Waals surface area contributed by atoms with Crippen LogP contribution in [0.3, 0.4) is 0 Å². The fraction of sp³-hybridized carbons (Fsp3) is 0.357. The van der Waals surface area contributed by atoms with Crippen molar-refractivity contribution < 1.29 is 4.42 Å². The largest absolute Gasteiger partial charge is 0.469 e. The van der Waals surface area contributed by atoms with Gasteiger partial charge in [-0.05, 0) is 25.5 Å². The minimum Gasteiger partial charge on any atom is -0.469 e. The van der Waals surface area contributed by atoms with Gasteiger partial charge in [-0.25, -0.2) is 0 Å². The van der Waals surface area contributed by atoms with E-state index in [1.807, 2.05) is 12.1 Å². The molecule has 0 saturated carbocycles. The number of nitrogens with zero attached hydrogens (tertiary/aromatic N) is 3. The van der Waals surface area contributed by atoms with Gasteiger partial charge in [0.05, 0.1) is 17.8 Å². The molecule has 1 unspecified atom stereocenters. The lowest BCUT2D eigenvalue weighted by Crippen LogP contribution is -2.17. The first-order valence-electron chi connectivity index (χ1n) is 6.94. The van der Waals surface area contributed by atoms with E-state index in [2.05, 4.69) is 37.7 Å². The van der Waals surface area contributed by atoms with E-state index in [0.717, 1.165) is 35.5 Å². The second-order valence-electron chi connectivity index (χ2n) is 4.94. The van der Waals surface area contributed by atoms with Gasteiger partial charge in [0.1, 0.15) is 11.6 Å². The molecule has 0 aliphatic rings. The number of aromatic nitrogens is 4. The Kier molecular flexibility index (Phi) is 3.72. The third-order valence-electron chi connectivity index (χ3n) is 3.32. The number of nitrogens with one attached hydrogen (secondary N) is 3. The van der Waals surface area contributed by atoms with E-state index in [1.54, 1.807) is 19.5 Å². The van der Waals surface area contributed by atoms with Crippen LogP contribution in [-0.4, -0.2) is 33.3 Å². The van der Waals surface area contributed by atoms with Gasteiger partial charge >= 0.3 is 0 Å². The van der Waals surface area contributed by atoms with E-state index >= 15 is 0 Å². The zero-order valence-electron chi connectivity index (χ0n) is 12.1. The van der Waals surface area contributed by atoms with Gasteiger partial charge in [-0.15, -0.1) is 0 Å². The fourth-order valence-electron chi connectivity index (χ4n) is 2.18. The smallest absolute Gasteiger partial charge is 0.226 e. The predicted octanol–water partition coefficient (Wildman–Crippen LogP) is 2.42. The van der Waals surface area contributed by atoms with Crippen LogP contribution in [0, 0.1) is 0 Å². The van der Waals surface area contributed by atoms with Crippen molar-refractivity contribution in [1.29, 1.82) is 0 Å². The van der Waals surface area contributed by atoms with Gasteiger partial charge in [-0.1, -0.05) is 0 Å². The maximum atomic E-state index is 5.35. The van der Waals surface area contributed by atoms with E-state index in [0.29, 0.717) is 5.95 Å². The molecule has 0 bridgehead atoms. The highest BCUT2D eigenvalue weighted by atomic mass is 16.3. The van der Waals surface area contributed by atoms with Gasteiger partial charge in [0, 0.05) is 19.5 Å². The van der Waals surface area contributed by atoms with Crippen molar-refractivity contribution in [2.45, 2.75) is 25.8 Å². The van der Waals surface area contributed by atoms with Gasteiger partial charge in [0.25, 0.3) is 0 Å². The lowest BCUT2D eigenvalue weighted by Gasteiger charge is -2.15. The van der Waals surface area contributed by atoms with Crippen LogP contribution in [0.2, 0.25) is 0 Å². The van der Waals surface area contributed by atoms with Crippen LogP contribution in [0.5, 0.6) is 0 Å². The first kappa shape index (κ1) is 13.4. The molecule has 3 N–H and O–H groups in total. The van der Waals surface area contributed by atoms with E-state index < -0.39 is 0 Å². The van der Waals surface area contributed by atoms with E-state index in [-0.39, 0.29) is 6.04 Å². The van der Waals surface area contributed by atoms with Crippen LogP contribution >= 0.6 is 0 Å². The Morgan fingerprint density at radius 1 is 1.38 bits per heavy atom. The summed E-state index contributed by atoms with van der Waals surface area (Å²) in [6, 6.07) is 4.16. The molecule has 0 aliphatic carbocycles. The zero-order chi connectivity index (χ0) is 14.7. The summed E-state index contributed by atoms with van der Waals surface area (Å²) in [4.78, 5) is 8.77. The minimum absolute atomic E-state index is 0.257. The molecule has 7 heteroatoms. The van der Waals surface area contributed by atoms with E-state index in [9.17, 15) is 0 Å². The van der Waals surface area contributed by atoms with Gasteiger partial charge in [0.2, 0.25) is 5.95 Å². The highest BCUT2D eigenvalue weighted by molar-refractivity contribution is 5.87. The summed E-state index contributed by atoms with van der Waals surface area (Å²) in [6.07, 6.45) is 5.27. The fourth-order valence-corrected chi connectivity index (χ4v) is 2.18. The molecule has 0 amide bonds. The van der Waals surface area contributed by atoms with Crippen molar-refractivity contribution in [2.24, 2.45) is 0 Å². The van der Waals surface area contributed by atoms with Crippen molar-refractivity contribution in [1.82, 2.24) is 20.2 Å². The van der Waals surface area contributed by atoms with Crippen LogP contribution in [0.4, 0.5) is 11.8 Å². The molecule has 3 rings (SSSR count). The van der Waals surface area contributed by atoms with E-state index in [4.69, 9.17) is 4.42 Å². The Hall–Kier alpha value is -2.57. The van der Waals surface area contributed by atoms with Crippen molar-refractivity contribution in [3.8, 4) is 0 Å². The third-order valence-corrected chi connectivity index (χ3v) is 3.32. The maximum absolute atomic E-state index is 5.35. The lowest BCUT2D eigenvalue weighted by molar-refractivity contribution is 0.495. The quantitative estimate of drug-likeness (QED) is 0.644. The Morgan fingerprint density at radius 2 is 2.29 bits per heavy atom. The second kappa shape index (κ2) is 5.82. The number of fused-ring (bicyclic) bond motifs is 1. The molecular formula is C14H18N6O. The number of aryl methyl sites for hydroxylation is 1. The molecule has 0 spiro atoms. The average Bonchev–Trinajstić information content (AvgIpc) is 3.16. The summed E-state index contributed by atoms with van der Waals surface area (Å²) in [6.45, 7) is 2.12.